The third-order valence-electron chi connectivity index (χ3n) is 5.48. The Labute approximate surface area is 224 Å². The predicted molar refractivity (Wildman–Crippen MR) is 146 cm³/mol. The highest BCUT2D eigenvalue weighted by Crippen LogP contribution is 2.32. The number of carbonyl (C=O) groups excluding carboxylic acids is 3. The summed E-state index contributed by atoms with van der Waals surface area (Å²) in [6, 6.07) is 19.7. The lowest BCUT2D eigenvalue weighted by atomic mass is 10.2. The second-order valence-corrected chi connectivity index (χ2v) is 9.77. The van der Waals surface area contributed by atoms with Crippen LogP contribution in [0.2, 0.25) is 5.02 Å². The van der Waals surface area contributed by atoms with Crippen molar-refractivity contribution in [1.82, 2.24) is 4.90 Å². The Bertz CT molecular complexity index is 1340. The zero-order chi connectivity index (χ0) is 26.4. The number of amides is 3. The second-order valence-electron chi connectivity index (χ2n) is 8.36. The Morgan fingerprint density at radius 2 is 1.65 bits per heavy atom. The van der Waals surface area contributed by atoms with Crippen molar-refractivity contribution in [3.05, 3.63) is 93.3 Å². The van der Waals surface area contributed by atoms with Gasteiger partial charge in [-0.15, -0.1) is 0 Å². The minimum atomic E-state index is -0.351. The van der Waals surface area contributed by atoms with Crippen molar-refractivity contribution in [1.29, 1.82) is 0 Å². The third kappa shape index (κ3) is 7.15. The van der Waals surface area contributed by atoms with Gasteiger partial charge in [0.05, 0.1) is 11.4 Å². The highest BCUT2D eigenvalue weighted by atomic mass is 35.5. The van der Waals surface area contributed by atoms with Gasteiger partial charge in [0.15, 0.2) is 6.61 Å². The number of rotatable bonds is 9. The highest BCUT2D eigenvalue weighted by molar-refractivity contribution is 8.18. The first-order valence-electron chi connectivity index (χ1n) is 11.5. The third-order valence-corrected chi connectivity index (χ3v) is 6.80. The SMILES string of the molecule is Cc1ccc(OCCN2C(=O)S/C(=C\c3ccc(OCC(=O)Nc4ccc(C)c(Cl)c4)cc3)C2=O)cc1. The fourth-order valence-electron chi connectivity index (χ4n) is 3.41. The number of thioether (sulfide) groups is 1. The van der Waals surface area contributed by atoms with Gasteiger partial charge in [0.2, 0.25) is 0 Å². The van der Waals surface area contributed by atoms with E-state index >= 15 is 0 Å². The Morgan fingerprint density at radius 3 is 2.35 bits per heavy atom. The normalized spacial score (nSPS) is 14.2. The molecule has 0 atom stereocenters. The van der Waals surface area contributed by atoms with Crippen molar-refractivity contribution >= 4 is 52.2 Å². The molecule has 37 heavy (non-hydrogen) atoms. The average Bonchev–Trinajstić information content (AvgIpc) is 3.14. The molecule has 1 aliphatic rings. The summed E-state index contributed by atoms with van der Waals surface area (Å²) in [5.41, 5.74) is 3.37. The van der Waals surface area contributed by atoms with Crippen LogP contribution in [0.25, 0.3) is 6.08 Å². The number of aryl methyl sites for hydroxylation is 2. The smallest absolute Gasteiger partial charge is 0.293 e. The molecule has 7 nitrogen and oxygen atoms in total. The van der Waals surface area contributed by atoms with Crippen LogP contribution in [0.15, 0.2) is 71.6 Å². The van der Waals surface area contributed by atoms with Gasteiger partial charge in [-0.3, -0.25) is 19.3 Å². The van der Waals surface area contributed by atoms with Crippen molar-refractivity contribution < 1.29 is 23.9 Å². The molecule has 0 saturated carbocycles. The maximum absolute atomic E-state index is 12.7. The number of ether oxygens (including phenoxy) is 2. The van der Waals surface area contributed by atoms with Crippen molar-refractivity contribution in [2.75, 3.05) is 25.1 Å². The largest absolute Gasteiger partial charge is 0.492 e. The molecule has 4 rings (SSSR count). The molecular formula is C28H25ClN2O5S. The summed E-state index contributed by atoms with van der Waals surface area (Å²) in [7, 11) is 0. The first-order valence-corrected chi connectivity index (χ1v) is 12.7. The highest BCUT2D eigenvalue weighted by Gasteiger charge is 2.34. The number of benzene rings is 3. The van der Waals surface area contributed by atoms with E-state index < -0.39 is 0 Å². The van der Waals surface area contributed by atoms with Gasteiger partial charge in [-0.05, 0) is 79.2 Å². The van der Waals surface area contributed by atoms with E-state index in [9.17, 15) is 14.4 Å². The van der Waals surface area contributed by atoms with E-state index in [-0.39, 0.29) is 36.8 Å². The lowest BCUT2D eigenvalue weighted by Gasteiger charge is -2.13. The predicted octanol–water partition coefficient (Wildman–Crippen LogP) is 6.09. The summed E-state index contributed by atoms with van der Waals surface area (Å²) in [6.45, 7) is 4.08. The van der Waals surface area contributed by atoms with Crippen LogP contribution in [0, 0.1) is 13.8 Å². The topological polar surface area (TPSA) is 84.9 Å². The molecule has 0 spiro atoms. The summed E-state index contributed by atoms with van der Waals surface area (Å²) in [4.78, 5) is 38.8. The lowest BCUT2D eigenvalue weighted by Crippen LogP contribution is -2.32. The molecule has 1 heterocycles. The monoisotopic (exact) mass is 536 g/mol. The lowest BCUT2D eigenvalue weighted by molar-refractivity contribution is -0.123. The quantitative estimate of drug-likeness (QED) is 0.333. The molecule has 0 bridgehead atoms. The van der Waals surface area contributed by atoms with Crippen molar-refractivity contribution in [3.63, 3.8) is 0 Å². The van der Waals surface area contributed by atoms with Crippen LogP contribution in [-0.2, 0) is 9.59 Å². The van der Waals surface area contributed by atoms with Gasteiger partial charge in [-0.2, -0.15) is 0 Å². The fourth-order valence-corrected chi connectivity index (χ4v) is 4.46. The fraction of sp³-hybridized carbons (Fsp3) is 0.179. The molecule has 0 aliphatic carbocycles. The molecule has 1 saturated heterocycles. The van der Waals surface area contributed by atoms with E-state index in [1.807, 2.05) is 44.2 Å². The van der Waals surface area contributed by atoms with Crippen LogP contribution in [0.4, 0.5) is 10.5 Å². The van der Waals surface area contributed by atoms with Crippen LogP contribution in [0.3, 0.4) is 0 Å². The van der Waals surface area contributed by atoms with Gasteiger partial charge in [0.25, 0.3) is 17.1 Å². The van der Waals surface area contributed by atoms with Gasteiger partial charge in [-0.25, -0.2) is 0 Å². The van der Waals surface area contributed by atoms with Crippen molar-refractivity contribution in [3.8, 4) is 11.5 Å². The number of halogens is 1. The zero-order valence-corrected chi connectivity index (χ0v) is 21.9. The molecular weight excluding hydrogens is 512 g/mol. The number of nitrogens with one attached hydrogen (secondary N) is 1. The molecule has 0 aromatic heterocycles. The maximum Gasteiger partial charge on any atom is 0.293 e. The van der Waals surface area contributed by atoms with E-state index in [0.29, 0.717) is 27.1 Å². The first-order chi connectivity index (χ1) is 17.8. The number of carbonyl (C=O) groups is 3. The van der Waals surface area contributed by atoms with E-state index in [4.69, 9.17) is 21.1 Å². The van der Waals surface area contributed by atoms with Gasteiger partial charge < -0.3 is 14.8 Å². The number of imide groups is 1. The van der Waals surface area contributed by atoms with Gasteiger partial charge in [0, 0.05) is 10.7 Å². The molecule has 3 aromatic rings. The maximum atomic E-state index is 12.7. The van der Waals surface area contributed by atoms with Crippen LogP contribution in [0.1, 0.15) is 16.7 Å². The van der Waals surface area contributed by atoms with Crippen molar-refractivity contribution in [2.24, 2.45) is 0 Å². The summed E-state index contributed by atoms with van der Waals surface area (Å²) >= 11 is 6.98. The molecule has 9 heteroatoms. The Kier molecular flexibility index (Phi) is 8.53. The molecule has 0 radical (unpaired) electrons. The van der Waals surface area contributed by atoms with Crippen LogP contribution >= 0.6 is 23.4 Å². The molecule has 3 amide bonds. The van der Waals surface area contributed by atoms with E-state index in [0.717, 1.165) is 28.5 Å². The van der Waals surface area contributed by atoms with E-state index in [1.54, 1.807) is 42.5 Å². The van der Waals surface area contributed by atoms with Gasteiger partial charge >= 0.3 is 0 Å². The molecule has 1 fully saturated rings. The number of hydrogen-bond donors (Lipinski definition) is 1. The average molecular weight is 537 g/mol. The molecule has 190 valence electrons. The Balaban J connectivity index is 1.27. The minimum absolute atomic E-state index is 0.166. The number of anilines is 1. The molecule has 0 unspecified atom stereocenters. The Hall–Kier alpha value is -3.75. The number of nitrogens with zero attached hydrogens (tertiary/aromatic N) is 1. The zero-order valence-electron chi connectivity index (χ0n) is 20.3. The standard InChI is InChI=1S/C28H25ClN2O5S/c1-18-3-9-22(10-4-18)35-14-13-31-27(33)25(37-28(31)34)15-20-6-11-23(12-7-20)36-17-26(32)30-21-8-5-19(2)24(29)16-21/h3-12,15-16H,13-14,17H2,1-2H3,(H,30,32)/b25-15-. The summed E-state index contributed by atoms with van der Waals surface area (Å²) in [5.74, 6) is 0.516. The molecule has 3 aromatic carbocycles. The van der Waals surface area contributed by atoms with Crippen LogP contribution in [0.5, 0.6) is 11.5 Å². The first kappa shape index (κ1) is 26.3. The second kappa shape index (κ2) is 12.0. The van der Waals surface area contributed by atoms with Crippen LogP contribution < -0.4 is 14.8 Å². The summed E-state index contributed by atoms with van der Waals surface area (Å²) < 4.78 is 11.2. The molecule has 1 N–H and O–H groups in total. The van der Waals surface area contributed by atoms with Crippen molar-refractivity contribution in [2.45, 2.75) is 13.8 Å². The van der Waals surface area contributed by atoms with E-state index in [1.165, 1.54) is 4.90 Å². The molecule has 1 aliphatic heterocycles. The summed E-state index contributed by atoms with van der Waals surface area (Å²) in [5, 5.41) is 2.98. The van der Waals surface area contributed by atoms with Gasteiger partial charge in [-0.1, -0.05) is 47.5 Å². The van der Waals surface area contributed by atoms with E-state index in [2.05, 4.69) is 5.32 Å². The summed E-state index contributed by atoms with van der Waals surface area (Å²) in [6.07, 6.45) is 1.66. The van der Waals surface area contributed by atoms with Gasteiger partial charge in [0.1, 0.15) is 18.1 Å². The number of hydrogen-bond acceptors (Lipinski definition) is 6. The Morgan fingerprint density at radius 1 is 0.973 bits per heavy atom. The minimum Gasteiger partial charge on any atom is -0.492 e. The van der Waals surface area contributed by atoms with Crippen LogP contribution in [-0.4, -0.2) is 41.7 Å².